The molecule has 5 heteroatoms. The number of anilines is 1. The molecular weight excluding hydrogens is 316 g/mol. The van der Waals surface area contributed by atoms with E-state index in [4.69, 9.17) is 11.5 Å². The van der Waals surface area contributed by atoms with Gasteiger partial charge in [0.2, 0.25) is 0 Å². The summed E-state index contributed by atoms with van der Waals surface area (Å²) in [6.45, 7) is 3.12. The predicted octanol–water partition coefficient (Wildman–Crippen LogP) is 3.47. The molecule has 3 heterocycles. The summed E-state index contributed by atoms with van der Waals surface area (Å²) >= 11 is 1.73. The van der Waals surface area contributed by atoms with E-state index in [0.717, 1.165) is 43.4 Å². The second-order valence-corrected chi connectivity index (χ2v) is 7.48. The van der Waals surface area contributed by atoms with Gasteiger partial charge in [-0.1, -0.05) is 18.2 Å². The third kappa shape index (κ3) is 3.02. The molecule has 0 atom stereocenters. The van der Waals surface area contributed by atoms with Crippen molar-refractivity contribution < 1.29 is 0 Å². The van der Waals surface area contributed by atoms with Gasteiger partial charge in [0, 0.05) is 34.6 Å². The van der Waals surface area contributed by atoms with E-state index in [1.807, 2.05) is 6.20 Å². The van der Waals surface area contributed by atoms with Gasteiger partial charge in [-0.05, 0) is 54.4 Å². The summed E-state index contributed by atoms with van der Waals surface area (Å²) in [4.78, 5) is 8.09. The lowest BCUT2D eigenvalue weighted by atomic mass is 10.0. The Bertz CT molecular complexity index is 836. The fourth-order valence-electron chi connectivity index (χ4n) is 3.41. The lowest BCUT2D eigenvalue weighted by molar-refractivity contribution is 0.206. The Morgan fingerprint density at radius 3 is 2.75 bits per heavy atom. The topological polar surface area (TPSA) is 68.2 Å². The number of aromatic nitrogens is 1. The minimum Gasteiger partial charge on any atom is -0.383 e. The van der Waals surface area contributed by atoms with Gasteiger partial charge in [0.25, 0.3) is 0 Å². The molecule has 2 aromatic heterocycles. The van der Waals surface area contributed by atoms with Crippen LogP contribution in [0.1, 0.15) is 18.4 Å². The number of nitrogens with two attached hydrogens (primary N) is 2. The third-order valence-corrected chi connectivity index (χ3v) is 5.71. The van der Waals surface area contributed by atoms with Crippen LogP contribution in [0.3, 0.4) is 0 Å². The van der Waals surface area contributed by atoms with Crippen molar-refractivity contribution in [3.8, 4) is 10.4 Å². The van der Waals surface area contributed by atoms with E-state index in [-0.39, 0.29) is 0 Å². The van der Waals surface area contributed by atoms with Gasteiger partial charge in [-0.3, -0.25) is 4.90 Å². The predicted molar refractivity (Wildman–Crippen MR) is 102 cm³/mol. The molecule has 24 heavy (non-hydrogen) atoms. The molecule has 0 unspecified atom stereocenters. The van der Waals surface area contributed by atoms with Crippen molar-refractivity contribution in [3.05, 3.63) is 47.5 Å². The number of benzene rings is 1. The largest absolute Gasteiger partial charge is 0.383 e. The van der Waals surface area contributed by atoms with Crippen LogP contribution in [-0.2, 0) is 6.54 Å². The Balaban J connectivity index is 1.70. The lowest BCUT2D eigenvalue weighted by Gasteiger charge is -2.30. The molecule has 0 aliphatic carbocycles. The van der Waals surface area contributed by atoms with Gasteiger partial charge < -0.3 is 11.5 Å². The number of rotatable bonds is 3. The quantitative estimate of drug-likeness (QED) is 0.767. The molecule has 0 radical (unpaired) electrons. The van der Waals surface area contributed by atoms with Gasteiger partial charge in [-0.25, -0.2) is 4.98 Å². The lowest BCUT2D eigenvalue weighted by Crippen LogP contribution is -2.39. The fourth-order valence-corrected chi connectivity index (χ4v) is 4.16. The maximum absolute atomic E-state index is 6.10. The Morgan fingerprint density at radius 2 is 2.00 bits per heavy atom. The van der Waals surface area contributed by atoms with Gasteiger partial charge >= 0.3 is 0 Å². The van der Waals surface area contributed by atoms with Crippen LogP contribution < -0.4 is 11.5 Å². The Labute approximate surface area is 146 Å². The fraction of sp³-hybridized carbons (Fsp3) is 0.316. The smallest absolute Gasteiger partial charge is 0.131 e. The standard InChI is InChI=1S/C19H22N4S/c20-14-5-7-23(8-6-14)12-13-3-4-15-16(10-13)17(11-22-19(15)21)18-2-1-9-24-18/h1-4,9-11,14H,5-8,12,20H2,(H2,21,22). The van der Waals surface area contributed by atoms with Gasteiger partial charge in [-0.2, -0.15) is 0 Å². The van der Waals surface area contributed by atoms with Gasteiger partial charge in [-0.15, -0.1) is 11.3 Å². The molecule has 0 amide bonds. The molecule has 0 bridgehead atoms. The minimum atomic E-state index is 0.370. The molecular formula is C19H22N4S. The third-order valence-electron chi connectivity index (χ3n) is 4.81. The number of pyridine rings is 1. The van der Waals surface area contributed by atoms with E-state index in [2.05, 4.69) is 45.6 Å². The monoisotopic (exact) mass is 338 g/mol. The molecule has 4 rings (SSSR count). The number of nitrogens with zero attached hydrogens (tertiary/aromatic N) is 2. The zero-order valence-electron chi connectivity index (χ0n) is 13.6. The number of hydrogen-bond donors (Lipinski definition) is 2. The summed E-state index contributed by atoms with van der Waals surface area (Å²) in [5, 5.41) is 4.32. The van der Waals surface area contributed by atoms with E-state index >= 15 is 0 Å². The van der Waals surface area contributed by atoms with Crippen LogP contribution >= 0.6 is 11.3 Å². The number of thiophene rings is 1. The van der Waals surface area contributed by atoms with E-state index < -0.39 is 0 Å². The van der Waals surface area contributed by atoms with Crippen molar-refractivity contribution in [1.29, 1.82) is 0 Å². The molecule has 3 aromatic rings. The molecule has 1 aromatic carbocycles. The van der Waals surface area contributed by atoms with Crippen LogP contribution in [0.15, 0.2) is 41.9 Å². The molecule has 124 valence electrons. The van der Waals surface area contributed by atoms with Crippen LogP contribution in [0.5, 0.6) is 0 Å². The summed E-state index contributed by atoms with van der Waals surface area (Å²) in [6.07, 6.45) is 4.07. The second kappa shape index (κ2) is 6.51. The van der Waals surface area contributed by atoms with E-state index in [9.17, 15) is 0 Å². The van der Waals surface area contributed by atoms with Gasteiger partial charge in [0.05, 0.1) is 0 Å². The van der Waals surface area contributed by atoms with Crippen LogP contribution in [0.2, 0.25) is 0 Å². The minimum absolute atomic E-state index is 0.370. The molecule has 1 fully saturated rings. The molecule has 1 aliphatic rings. The van der Waals surface area contributed by atoms with E-state index in [1.165, 1.54) is 15.8 Å². The van der Waals surface area contributed by atoms with Crippen molar-refractivity contribution in [2.24, 2.45) is 5.73 Å². The van der Waals surface area contributed by atoms with Crippen LogP contribution in [0.25, 0.3) is 21.2 Å². The normalized spacial score (nSPS) is 16.7. The maximum atomic E-state index is 6.10. The maximum Gasteiger partial charge on any atom is 0.131 e. The summed E-state index contributed by atoms with van der Waals surface area (Å²) < 4.78 is 0. The average molecular weight is 338 g/mol. The first-order chi connectivity index (χ1) is 11.7. The van der Waals surface area contributed by atoms with E-state index in [1.54, 1.807) is 11.3 Å². The molecule has 4 N–H and O–H groups in total. The molecule has 0 spiro atoms. The summed E-state index contributed by atoms with van der Waals surface area (Å²) in [5.74, 6) is 0.598. The van der Waals surface area contributed by atoms with Crippen molar-refractivity contribution in [2.75, 3.05) is 18.8 Å². The van der Waals surface area contributed by atoms with Crippen molar-refractivity contribution in [1.82, 2.24) is 9.88 Å². The first-order valence-corrected chi connectivity index (χ1v) is 9.27. The van der Waals surface area contributed by atoms with Crippen molar-refractivity contribution in [3.63, 3.8) is 0 Å². The zero-order chi connectivity index (χ0) is 16.5. The average Bonchev–Trinajstić information content (AvgIpc) is 3.12. The van der Waals surface area contributed by atoms with Crippen LogP contribution in [-0.4, -0.2) is 29.0 Å². The first kappa shape index (κ1) is 15.6. The summed E-state index contributed by atoms with van der Waals surface area (Å²) in [6, 6.07) is 11.1. The van der Waals surface area contributed by atoms with Gasteiger partial charge in [0.15, 0.2) is 0 Å². The van der Waals surface area contributed by atoms with E-state index in [0.29, 0.717) is 11.9 Å². The molecule has 1 aliphatic heterocycles. The second-order valence-electron chi connectivity index (χ2n) is 6.53. The van der Waals surface area contributed by atoms with Crippen LogP contribution in [0, 0.1) is 0 Å². The highest BCUT2D eigenvalue weighted by atomic mass is 32.1. The Kier molecular flexibility index (Phi) is 4.22. The molecule has 4 nitrogen and oxygen atoms in total. The molecule has 1 saturated heterocycles. The SMILES string of the molecule is Nc1ncc(-c2cccs2)c2cc(CN3CCC(N)CC3)ccc12. The number of fused-ring (bicyclic) bond motifs is 1. The zero-order valence-corrected chi connectivity index (χ0v) is 14.4. The number of likely N-dealkylation sites (tertiary alicyclic amines) is 1. The highest BCUT2D eigenvalue weighted by Crippen LogP contribution is 2.34. The first-order valence-electron chi connectivity index (χ1n) is 8.39. The Hall–Kier alpha value is -1.95. The summed E-state index contributed by atoms with van der Waals surface area (Å²) in [7, 11) is 0. The Morgan fingerprint density at radius 1 is 1.17 bits per heavy atom. The van der Waals surface area contributed by atoms with Crippen LogP contribution in [0.4, 0.5) is 5.82 Å². The summed E-state index contributed by atoms with van der Waals surface area (Å²) in [5.41, 5.74) is 14.6. The molecule has 0 saturated carbocycles. The number of piperidine rings is 1. The highest BCUT2D eigenvalue weighted by molar-refractivity contribution is 7.13. The van der Waals surface area contributed by atoms with Gasteiger partial charge in [0.1, 0.15) is 5.82 Å². The number of hydrogen-bond acceptors (Lipinski definition) is 5. The van der Waals surface area contributed by atoms with Crippen molar-refractivity contribution >= 4 is 27.9 Å². The number of nitrogen functional groups attached to an aromatic ring is 1. The highest BCUT2D eigenvalue weighted by Gasteiger charge is 2.16. The van der Waals surface area contributed by atoms with Crippen molar-refractivity contribution in [2.45, 2.75) is 25.4 Å².